The van der Waals surface area contributed by atoms with E-state index in [0.717, 1.165) is 6.42 Å². The van der Waals surface area contributed by atoms with Crippen molar-refractivity contribution in [2.45, 2.75) is 26.7 Å². The molecule has 0 aromatic heterocycles. The first-order valence-electron chi connectivity index (χ1n) is 5.09. The smallest absolute Gasteiger partial charge is 0.213 e. The Bertz CT molecular complexity index is 300. The quantitative estimate of drug-likeness (QED) is 0.501. The van der Waals surface area contributed by atoms with Gasteiger partial charge in [0.05, 0.1) is 11.6 Å². The fraction of sp³-hybridized carbons (Fsp3) is 0.889. The Kier molecular flexibility index (Phi) is 5.82. The van der Waals surface area contributed by atoms with Crippen LogP contribution in [0.3, 0.4) is 0 Å². The monoisotopic (exact) mass is 235 g/mol. The molecule has 6 heteroatoms. The summed E-state index contributed by atoms with van der Waals surface area (Å²) in [6.45, 7) is 3.98. The van der Waals surface area contributed by atoms with E-state index in [9.17, 15) is 8.42 Å². The second kappa shape index (κ2) is 6.07. The minimum Gasteiger partial charge on any atom is -0.387 e. The Morgan fingerprint density at radius 2 is 2.07 bits per heavy atom. The molecule has 0 radical (unpaired) electrons. The van der Waals surface area contributed by atoms with Crippen molar-refractivity contribution in [2.24, 2.45) is 11.7 Å². The van der Waals surface area contributed by atoms with Crippen LogP contribution in [0.25, 0.3) is 0 Å². The van der Waals surface area contributed by atoms with E-state index in [4.69, 9.17) is 11.1 Å². The van der Waals surface area contributed by atoms with Gasteiger partial charge in [-0.05, 0) is 6.42 Å². The van der Waals surface area contributed by atoms with Crippen LogP contribution in [0.1, 0.15) is 26.7 Å². The lowest BCUT2D eigenvalue weighted by Crippen LogP contribution is -2.37. The minimum atomic E-state index is -3.17. The van der Waals surface area contributed by atoms with Crippen molar-refractivity contribution in [3.8, 4) is 0 Å². The van der Waals surface area contributed by atoms with E-state index in [0.29, 0.717) is 6.42 Å². The van der Waals surface area contributed by atoms with E-state index in [2.05, 4.69) is 0 Å². The van der Waals surface area contributed by atoms with E-state index in [1.807, 2.05) is 6.92 Å². The molecule has 15 heavy (non-hydrogen) atoms. The normalized spacial score (nSPS) is 14.1. The third-order valence-corrected chi connectivity index (χ3v) is 4.20. The van der Waals surface area contributed by atoms with Crippen molar-refractivity contribution in [3.05, 3.63) is 0 Å². The van der Waals surface area contributed by atoms with Crippen molar-refractivity contribution in [1.82, 2.24) is 4.31 Å². The van der Waals surface area contributed by atoms with Gasteiger partial charge in [0.2, 0.25) is 10.0 Å². The van der Waals surface area contributed by atoms with Crippen LogP contribution in [0, 0.1) is 11.3 Å². The molecule has 1 unspecified atom stereocenters. The first-order chi connectivity index (χ1) is 6.81. The van der Waals surface area contributed by atoms with Crippen LogP contribution in [0.5, 0.6) is 0 Å². The highest BCUT2D eigenvalue weighted by atomic mass is 32.2. The van der Waals surface area contributed by atoms with E-state index in [1.165, 1.54) is 11.4 Å². The molecular formula is C9H21N3O2S. The van der Waals surface area contributed by atoms with Gasteiger partial charge in [-0.3, -0.25) is 5.41 Å². The molecule has 3 N–H and O–H groups in total. The molecule has 0 amide bonds. The zero-order valence-electron chi connectivity index (χ0n) is 9.66. The molecule has 0 aromatic carbocycles. The van der Waals surface area contributed by atoms with Crippen LogP contribution in [-0.4, -0.2) is 37.9 Å². The Morgan fingerprint density at radius 1 is 1.53 bits per heavy atom. The van der Waals surface area contributed by atoms with Gasteiger partial charge in [0.15, 0.2) is 0 Å². The van der Waals surface area contributed by atoms with E-state index in [-0.39, 0.29) is 24.1 Å². The van der Waals surface area contributed by atoms with Crippen LogP contribution in [0.2, 0.25) is 0 Å². The highest BCUT2D eigenvalue weighted by Gasteiger charge is 2.20. The molecule has 0 aliphatic carbocycles. The molecule has 0 saturated carbocycles. The maximum Gasteiger partial charge on any atom is 0.213 e. The topological polar surface area (TPSA) is 87.2 Å². The number of amidine groups is 1. The number of nitrogens with one attached hydrogen (secondary N) is 1. The molecule has 0 bridgehead atoms. The predicted octanol–water partition coefficient (Wildman–Crippen LogP) is 0.620. The predicted molar refractivity (Wildman–Crippen MR) is 62.4 cm³/mol. The van der Waals surface area contributed by atoms with Gasteiger partial charge in [-0.2, -0.15) is 0 Å². The first-order valence-corrected chi connectivity index (χ1v) is 6.70. The van der Waals surface area contributed by atoms with Gasteiger partial charge in [-0.15, -0.1) is 0 Å². The zero-order chi connectivity index (χ0) is 12.1. The van der Waals surface area contributed by atoms with Crippen molar-refractivity contribution in [2.75, 3.05) is 19.3 Å². The van der Waals surface area contributed by atoms with Gasteiger partial charge in [-0.25, -0.2) is 12.7 Å². The average Bonchev–Trinajstić information content (AvgIpc) is 2.14. The Hall–Kier alpha value is -0.620. The molecule has 0 heterocycles. The maximum atomic E-state index is 11.7. The van der Waals surface area contributed by atoms with Crippen LogP contribution in [0.15, 0.2) is 0 Å². The average molecular weight is 235 g/mol. The largest absolute Gasteiger partial charge is 0.387 e. The number of sulfonamides is 1. The summed E-state index contributed by atoms with van der Waals surface area (Å²) in [6.07, 6.45) is 1.52. The molecular weight excluding hydrogens is 214 g/mol. The van der Waals surface area contributed by atoms with Crippen LogP contribution in [-0.2, 0) is 10.0 Å². The second-order valence-electron chi connectivity index (χ2n) is 3.81. The number of unbranched alkanes of at least 4 members (excludes halogenated alkanes) is 1. The minimum absolute atomic E-state index is 0.0209. The van der Waals surface area contributed by atoms with Gasteiger partial charge in [0.25, 0.3) is 0 Å². The van der Waals surface area contributed by atoms with Crippen LogP contribution in [0.4, 0.5) is 0 Å². The van der Waals surface area contributed by atoms with Gasteiger partial charge >= 0.3 is 0 Å². The summed E-state index contributed by atoms with van der Waals surface area (Å²) in [5, 5.41) is 7.19. The zero-order valence-corrected chi connectivity index (χ0v) is 10.5. The highest BCUT2D eigenvalue weighted by Crippen LogP contribution is 2.06. The molecule has 1 atom stereocenters. The third kappa shape index (κ3) is 5.13. The maximum absolute atomic E-state index is 11.7. The molecule has 0 aliphatic heterocycles. The molecule has 0 rings (SSSR count). The summed E-state index contributed by atoms with van der Waals surface area (Å²) in [4.78, 5) is 0. The van der Waals surface area contributed by atoms with Crippen LogP contribution >= 0.6 is 0 Å². The second-order valence-corrected chi connectivity index (χ2v) is 6.00. The Labute approximate surface area is 92.2 Å². The fourth-order valence-electron chi connectivity index (χ4n) is 1.08. The van der Waals surface area contributed by atoms with Gasteiger partial charge in [-0.1, -0.05) is 20.3 Å². The number of nitrogens with two attached hydrogens (primary N) is 1. The van der Waals surface area contributed by atoms with E-state index >= 15 is 0 Å². The van der Waals surface area contributed by atoms with E-state index in [1.54, 1.807) is 6.92 Å². The van der Waals surface area contributed by atoms with Gasteiger partial charge in [0.1, 0.15) is 0 Å². The number of hydrogen-bond acceptors (Lipinski definition) is 3. The summed E-state index contributed by atoms with van der Waals surface area (Å²) < 4.78 is 24.6. The summed E-state index contributed by atoms with van der Waals surface area (Å²) in [5.74, 6) is -0.0381. The summed E-state index contributed by atoms with van der Waals surface area (Å²) in [7, 11) is -1.64. The standard InChI is InChI=1S/C9H21N3O2S/c1-4-5-6-15(13,14)12(3)7-8(2)9(10)11/h8H,4-7H2,1-3H3,(H3,10,11). The lowest BCUT2D eigenvalue weighted by atomic mass is 10.2. The third-order valence-electron chi connectivity index (χ3n) is 2.29. The van der Waals surface area contributed by atoms with Crippen LogP contribution < -0.4 is 5.73 Å². The lowest BCUT2D eigenvalue weighted by Gasteiger charge is -2.20. The molecule has 5 nitrogen and oxygen atoms in total. The van der Waals surface area contributed by atoms with Crippen molar-refractivity contribution >= 4 is 15.9 Å². The Balaban J connectivity index is 4.31. The number of nitrogens with zero attached hydrogens (tertiary/aromatic N) is 1. The van der Waals surface area contributed by atoms with Gasteiger partial charge < -0.3 is 5.73 Å². The molecule has 0 saturated heterocycles. The van der Waals surface area contributed by atoms with Crippen molar-refractivity contribution < 1.29 is 8.42 Å². The Morgan fingerprint density at radius 3 is 2.47 bits per heavy atom. The molecule has 0 spiro atoms. The lowest BCUT2D eigenvalue weighted by molar-refractivity contribution is 0.442. The molecule has 0 fully saturated rings. The molecule has 0 aromatic rings. The summed E-state index contributed by atoms with van der Waals surface area (Å²) in [6, 6.07) is 0. The van der Waals surface area contributed by atoms with E-state index < -0.39 is 10.0 Å². The summed E-state index contributed by atoms with van der Waals surface area (Å²) >= 11 is 0. The van der Waals surface area contributed by atoms with Gasteiger partial charge in [0, 0.05) is 19.5 Å². The molecule has 0 aliphatic rings. The van der Waals surface area contributed by atoms with Crippen molar-refractivity contribution in [3.63, 3.8) is 0 Å². The highest BCUT2D eigenvalue weighted by molar-refractivity contribution is 7.89. The number of hydrogen-bond donors (Lipinski definition) is 2. The van der Waals surface area contributed by atoms with Crippen molar-refractivity contribution in [1.29, 1.82) is 5.41 Å². The number of rotatable bonds is 7. The first kappa shape index (κ1) is 14.4. The SMILES string of the molecule is CCCCS(=O)(=O)N(C)CC(C)C(=N)N. The fourth-order valence-corrected chi connectivity index (χ4v) is 2.50. The summed E-state index contributed by atoms with van der Waals surface area (Å²) in [5.41, 5.74) is 5.29. The molecule has 90 valence electrons.